The number of nitrogens with zero attached hydrogens (tertiary/aromatic N) is 2. The smallest absolute Gasteiger partial charge is 0.234 e. The van der Waals surface area contributed by atoms with Gasteiger partial charge in [-0.15, -0.1) is 0 Å². The van der Waals surface area contributed by atoms with Crippen LogP contribution in [0.3, 0.4) is 0 Å². The number of oxazole rings is 1. The van der Waals surface area contributed by atoms with E-state index in [4.69, 9.17) is 10.2 Å². The third-order valence-electron chi connectivity index (χ3n) is 3.66. The highest BCUT2D eigenvalue weighted by atomic mass is 16.4. The summed E-state index contributed by atoms with van der Waals surface area (Å²) < 4.78 is 5.71. The van der Waals surface area contributed by atoms with Gasteiger partial charge in [-0.25, -0.2) is 4.98 Å². The maximum atomic E-state index is 11.4. The van der Waals surface area contributed by atoms with Gasteiger partial charge in [-0.1, -0.05) is 30.3 Å². The minimum absolute atomic E-state index is 0.359. The zero-order valence-electron chi connectivity index (χ0n) is 11.5. The Morgan fingerprint density at radius 1 is 1.43 bits per heavy atom. The van der Waals surface area contributed by atoms with Crippen LogP contribution in [-0.4, -0.2) is 39.6 Å². The normalized spacial score (nSPS) is 22.5. The first-order chi connectivity index (χ1) is 10.1. The maximum Gasteiger partial charge on any atom is 0.234 e. The molecule has 21 heavy (non-hydrogen) atoms. The standard InChI is InChI=1S/C15H17N3O3/c16-15(20)12-6-11(19)8-18(12)9-14-17-7-13(21-14)10-4-2-1-3-5-10/h1-5,7,11-12,19H,6,8-9H2,(H2,16,20)/t11-,12+/m1/s1. The van der Waals surface area contributed by atoms with E-state index in [0.29, 0.717) is 31.2 Å². The van der Waals surface area contributed by atoms with Gasteiger partial charge in [0.1, 0.15) is 0 Å². The Labute approximate surface area is 122 Å². The Morgan fingerprint density at radius 3 is 2.90 bits per heavy atom. The van der Waals surface area contributed by atoms with E-state index in [2.05, 4.69) is 4.98 Å². The Hall–Kier alpha value is -2.18. The molecule has 0 spiro atoms. The Morgan fingerprint density at radius 2 is 2.19 bits per heavy atom. The molecule has 110 valence electrons. The Bertz CT molecular complexity index is 626. The van der Waals surface area contributed by atoms with Crippen LogP contribution in [0.2, 0.25) is 0 Å². The molecule has 0 aliphatic carbocycles. The number of aliphatic hydroxyl groups excluding tert-OH is 1. The largest absolute Gasteiger partial charge is 0.439 e. The third kappa shape index (κ3) is 2.96. The fourth-order valence-corrected chi connectivity index (χ4v) is 2.64. The van der Waals surface area contributed by atoms with E-state index in [0.717, 1.165) is 5.56 Å². The van der Waals surface area contributed by atoms with Crippen molar-refractivity contribution >= 4 is 5.91 Å². The summed E-state index contributed by atoms with van der Waals surface area (Å²) in [5, 5.41) is 9.68. The number of carbonyl (C=O) groups excluding carboxylic acids is 1. The molecule has 1 fully saturated rings. The molecule has 1 aliphatic rings. The van der Waals surface area contributed by atoms with Crippen LogP contribution >= 0.6 is 0 Å². The summed E-state index contributed by atoms with van der Waals surface area (Å²) in [5.41, 5.74) is 6.31. The topological polar surface area (TPSA) is 92.6 Å². The van der Waals surface area contributed by atoms with Crippen molar-refractivity contribution in [2.24, 2.45) is 5.73 Å². The second-order valence-corrected chi connectivity index (χ2v) is 5.22. The van der Waals surface area contributed by atoms with Crippen LogP contribution in [-0.2, 0) is 11.3 Å². The van der Waals surface area contributed by atoms with Crippen molar-refractivity contribution in [3.63, 3.8) is 0 Å². The van der Waals surface area contributed by atoms with Crippen LogP contribution < -0.4 is 5.73 Å². The molecule has 2 atom stereocenters. The van der Waals surface area contributed by atoms with Crippen molar-refractivity contribution in [3.8, 4) is 11.3 Å². The quantitative estimate of drug-likeness (QED) is 0.866. The van der Waals surface area contributed by atoms with Gasteiger partial charge in [0.2, 0.25) is 11.8 Å². The van der Waals surface area contributed by atoms with Gasteiger partial charge in [-0.2, -0.15) is 0 Å². The van der Waals surface area contributed by atoms with Gasteiger partial charge in [-0.05, 0) is 6.42 Å². The van der Waals surface area contributed by atoms with Crippen LogP contribution in [0.5, 0.6) is 0 Å². The van der Waals surface area contributed by atoms with E-state index in [1.165, 1.54) is 0 Å². The molecule has 0 bridgehead atoms. The van der Waals surface area contributed by atoms with E-state index in [1.54, 1.807) is 11.1 Å². The zero-order chi connectivity index (χ0) is 14.8. The van der Waals surface area contributed by atoms with Gasteiger partial charge in [-0.3, -0.25) is 9.69 Å². The van der Waals surface area contributed by atoms with E-state index in [9.17, 15) is 9.90 Å². The van der Waals surface area contributed by atoms with Crippen LogP contribution in [0.1, 0.15) is 12.3 Å². The summed E-state index contributed by atoms with van der Waals surface area (Å²) in [5.74, 6) is 0.761. The molecule has 2 heterocycles. The lowest BCUT2D eigenvalue weighted by molar-refractivity contribution is -0.122. The molecule has 1 aromatic heterocycles. The fourth-order valence-electron chi connectivity index (χ4n) is 2.64. The molecule has 1 aromatic carbocycles. The monoisotopic (exact) mass is 287 g/mol. The molecule has 6 heteroatoms. The number of benzene rings is 1. The number of rotatable bonds is 4. The number of primary amides is 1. The molecule has 0 radical (unpaired) electrons. The highest BCUT2D eigenvalue weighted by molar-refractivity contribution is 5.80. The van der Waals surface area contributed by atoms with E-state index < -0.39 is 18.1 Å². The van der Waals surface area contributed by atoms with Crippen molar-refractivity contribution < 1.29 is 14.3 Å². The number of carbonyl (C=O) groups is 1. The number of hydrogen-bond donors (Lipinski definition) is 2. The summed E-state index contributed by atoms with van der Waals surface area (Å²) in [6.07, 6.45) is 1.49. The van der Waals surface area contributed by atoms with Crippen LogP contribution in [0, 0.1) is 0 Å². The number of amides is 1. The first-order valence-corrected chi connectivity index (χ1v) is 6.85. The summed E-state index contributed by atoms with van der Waals surface area (Å²) >= 11 is 0. The van der Waals surface area contributed by atoms with E-state index in [-0.39, 0.29) is 0 Å². The highest BCUT2D eigenvalue weighted by Gasteiger charge is 2.35. The summed E-state index contributed by atoms with van der Waals surface area (Å²) in [6.45, 7) is 0.758. The summed E-state index contributed by atoms with van der Waals surface area (Å²) in [4.78, 5) is 17.4. The average molecular weight is 287 g/mol. The SMILES string of the molecule is NC(=O)[C@@H]1C[C@@H](O)CN1Cc1ncc(-c2ccccc2)o1. The molecular weight excluding hydrogens is 270 g/mol. The lowest BCUT2D eigenvalue weighted by Crippen LogP contribution is -2.39. The lowest BCUT2D eigenvalue weighted by atomic mass is 10.2. The minimum atomic E-state index is -0.536. The van der Waals surface area contributed by atoms with Gasteiger partial charge >= 0.3 is 0 Å². The molecule has 0 unspecified atom stereocenters. The van der Waals surface area contributed by atoms with Crippen molar-refractivity contribution in [2.45, 2.75) is 25.1 Å². The lowest BCUT2D eigenvalue weighted by Gasteiger charge is -2.19. The number of aromatic nitrogens is 1. The molecule has 3 rings (SSSR count). The third-order valence-corrected chi connectivity index (χ3v) is 3.66. The van der Waals surface area contributed by atoms with Crippen LogP contribution in [0.25, 0.3) is 11.3 Å². The predicted molar refractivity (Wildman–Crippen MR) is 76.0 cm³/mol. The molecule has 3 N–H and O–H groups in total. The van der Waals surface area contributed by atoms with Crippen molar-refractivity contribution in [1.29, 1.82) is 0 Å². The van der Waals surface area contributed by atoms with Gasteiger partial charge in [0.05, 0.1) is 24.9 Å². The Balaban J connectivity index is 1.74. The average Bonchev–Trinajstić information content (AvgIpc) is 3.07. The van der Waals surface area contributed by atoms with Crippen LogP contribution in [0.15, 0.2) is 40.9 Å². The molecule has 1 aliphatic heterocycles. The first-order valence-electron chi connectivity index (χ1n) is 6.85. The van der Waals surface area contributed by atoms with Gasteiger partial charge in [0, 0.05) is 12.1 Å². The maximum absolute atomic E-state index is 11.4. The number of nitrogens with two attached hydrogens (primary N) is 1. The highest BCUT2D eigenvalue weighted by Crippen LogP contribution is 2.23. The molecule has 0 saturated carbocycles. The summed E-state index contributed by atoms with van der Waals surface area (Å²) in [7, 11) is 0. The van der Waals surface area contributed by atoms with Crippen molar-refractivity contribution in [1.82, 2.24) is 9.88 Å². The molecule has 1 amide bonds. The number of likely N-dealkylation sites (tertiary alicyclic amines) is 1. The second-order valence-electron chi connectivity index (χ2n) is 5.22. The number of hydrogen-bond acceptors (Lipinski definition) is 5. The molecule has 1 saturated heterocycles. The fraction of sp³-hybridized carbons (Fsp3) is 0.333. The van der Waals surface area contributed by atoms with Gasteiger partial charge in [0.15, 0.2) is 5.76 Å². The van der Waals surface area contributed by atoms with E-state index >= 15 is 0 Å². The number of β-amino-alcohol motifs (C(OH)–C–C–N with tert-alkyl or cyclic N) is 1. The van der Waals surface area contributed by atoms with Gasteiger partial charge in [0.25, 0.3) is 0 Å². The predicted octanol–water partition coefficient (Wildman–Crippen LogP) is 0.762. The van der Waals surface area contributed by atoms with Crippen molar-refractivity contribution in [2.75, 3.05) is 6.54 Å². The molecule has 2 aromatic rings. The van der Waals surface area contributed by atoms with Gasteiger partial charge < -0.3 is 15.3 Å². The van der Waals surface area contributed by atoms with Crippen molar-refractivity contribution in [3.05, 3.63) is 42.4 Å². The molecular formula is C15H17N3O3. The number of aliphatic hydroxyl groups is 1. The Kier molecular flexibility index (Phi) is 3.72. The summed E-state index contributed by atoms with van der Waals surface area (Å²) in [6, 6.07) is 9.21. The van der Waals surface area contributed by atoms with Crippen LogP contribution in [0.4, 0.5) is 0 Å². The van der Waals surface area contributed by atoms with E-state index in [1.807, 2.05) is 30.3 Å². The zero-order valence-corrected chi connectivity index (χ0v) is 11.5. The first kappa shape index (κ1) is 13.8. The molecule has 6 nitrogen and oxygen atoms in total. The second kappa shape index (κ2) is 5.67. The minimum Gasteiger partial charge on any atom is -0.439 e.